The Morgan fingerprint density at radius 2 is 1.71 bits per heavy atom. The highest BCUT2D eigenvalue weighted by Gasteiger charge is 2.41. The number of aliphatic carboxylic acids is 1. The molecular formula is C28H34N2O5. The maximum Gasteiger partial charge on any atom is 0.407 e. The molecule has 4 rings (SSSR count). The highest BCUT2D eigenvalue weighted by Crippen LogP contribution is 2.44. The predicted molar refractivity (Wildman–Crippen MR) is 133 cm³/mol. The number of hydrogen-bond donors (Lipinski definition) is 2. The first-order chi connectivity index (χ1) is 16.9. The van der Waals surface area contributed by atoms with E-state index >= 15 is 0 Å². The molecule has 2 aromatic rings. The van der Waals surface area contributed by atoms with Crippen molar-refractivity contribution in [3.05, 3.63) is 59.7 Å². The smallest absolute Gasteiger partial charge is 0.407 e. The molecule has 7 nitrogen and oxygen atoms in total. The number of alkyl carbamates (subject to hydrolysis) is 1. The first kappa shape index (κ1) is 24.8. The van der Waals surface area contributed by atoms with Gasteiger partial charge in [0.15, 0.2) is 0 Å². The highest BCUT2D eigenvalue weighted by molar-refractivity contribution is 5.80. The summed E-state index contributed by atoms with van der Waals surface area (Å²) in [5.74, 6) is -0.800. The third kappa shape index (κ3) is 5.34. The number of likely N-dealkylation sites (tertiary alicyclic amines) is 1. The lowest BCUT2D eigenvalue weighted by atomic mass is 9.77. The standard InChI is InChI=1S/C28H34N2O5/c1-2-28(26(32)33)15-9-17-30(19-28)25(31)14-7-8-16-29-27(34)35-18-24-22-12-5-3-10-20(22)21-11-4-6-13-23(21)24/h3-6,10-13,24H,2,7-9,14-19H2,1H3,(H,29,34)(H,32,33). The number of nitrogens with one attached hydrogen (secondary N) is 1. The van der Waals surface area contributed by atoms with Gasteiger partial charge in [0.05, 0.1) is 5.41 Å². The Labute approximate surface area is 206 Å². The summed E-state index contributed by atoms with van der Waals surface area (Å²) in [5, 5.41) is 12.4. The van der Waals surface area contributed by atoms with E-state index in [4.69, 9.17) is 4.74 Å². The van der Waals surface area contributed by atoms with Crippen LogP contribution >= 0.6 is 0 Å². The normalized spacial score (nSPS) is 19.1. The average molecular weight is 479 g/mol. The molecule has 1 unspecified atom stereocenters. The molecule has 1 atom stereocenters. The molecule has 2 aliphatic rings. The first-order valence-electron chi connectivity index (χ1n) is 12.6. The monoisotopic (exact) mass is 478 g/mol. The zero-order valence-corrected chi connectivity index (χ0v) is 20.3. The lowest BCUT2D eigenvalue weighted by Crippen LogP contribution is -2.49. The van der Waals surface area contributed by atoms with Crippen molar-refractivity contribution in [1.29, 1.82) is 0 Å². The Morgan fingerprint density at radius 1 is 1.06 bits per heavy atom. The number of amides is 2. The van der Waals surface area contributed by atoms with Gasteiger partial charge in [-0.2, -0.15) is 0 Å². The van der Waals surface area contributed by atoms with Crippen LogP contribution in [0.25, 0.3) is 11.1 Å². The summed E-state index contributed by atoms with van der Waals surface area (Å²) in [6, 6.07) is 16.4. The first-order valence-corrected chi connectivity index (χ1v) is 12.6. The maximum atomic E-state index is 12.6. The number of carbonyl (C=O) groups excluding carboxylic acids is 2. The molecule has 2 aromatic carbocycles. The largest absolute Gasteiger partial charge is 0.481 e. The van der Waals surface area contributed by atoms with E-state index < -0.39 is 17.5 Å². The van der Waals surface area contributed by atoms with Crippen LogP contribution in [0.1, 0.15) is 62.5 Å². The quantitative estimate of drug-likeness (QED) is 0.505. The Morgan fingerprint density at radius 3 is 2.34 bits per heavy atom. The number of unbranched alkanes of at least 4 members (excludes halogenated alkanes) is 1. The SMILES string of the molecule is CCC1(C(=O)O)CCCN(C(=O)CCCCNC(=O)OCC2c3ccccc3-c3ccccc32)C1. The third-order valence-electron chi connectivity index (χ3n) is 7.49. The Bertz CT molecular complexity index is 1040. The van der Waals surface area contributed by atoms with Crippen LogP contribution in [0.4, 0.5) is 4.79 Å². The van der Waals surface area contributed by atoms with E-state index in [1.54, 1.807) is 4.90 Å². The van der Waals surface area contributed by atoms with Gasteiger partial charge in [-0.1, -0.05) is 55.5 Å². The number of rotatable bonds is 9. The molecule has 1 aliphatic heterocycles. The third-order valence-corrected chi connectivity index (χ3v) is 7.49. The zero-order chi connectivity index (χ0) is 24.8. The fourth-order valence-electron chi connectivity index (χ4n) is 5.36. The van der Waals surface area contributed by atoms with Gasteiger partial charge in [-0.05, 0) is 54.4 Å². The summed E-state index contributed by atoms with van der Waals surface area (Å²) in [6.07, 6.45) is 3.04. The summed E-state index contributed by atoms with van der Waals surface area (Å²) in [4.78, 5) is 38.3. The van der Waals surface area contributed by atoms with E-state index in [1.165, 1.54) is 22.3 Å². The van der Waals surface area contributed by atoms with Gasteiger partial charge in [-0.15, -0.1) is 0 Å². The maximum absolute atomic E-state index is 12.6. The van der Waals surface area contributed by atoms with E-state index in [0.29, 0.717) is 45.2 Å². The molecule has 0 aromatic heterocycles. The van der Waals surface area contributed by atoms with Gasteiger partial charge < -0.3 is 20.1 Å². The molecule has 1 heterocycles. The number of ether oxygens (including phenoxy) is 1. The lowest BCUT2D eigenvalue weighted by molar-refractivity contribution is -0.155. The highest BCUT2D eigenvalue weighted by atomic mass is 16.5. The molecular weight excluding hydrogens is 444 g/mol. The fourth-order valence-corrected chi connectivity index (χ4v) is 5.36. The van der Waals surface area contributed by atoms with Crippen LogP contribution < -0.4 is 5.32 Å². The summed E-state index contributed by atoms with van der Waals surface area (Å²) in [7, 11) is 0. The van der Waals surface area contributed by atoms with Crippen LogP contribution in [0.5, 0.6) is 0 Å². The van der Waals surface area contributed by atoms with Crippen LogP contribution in [0.3, 0.4) is 0 Å². The van der Waals surface area contributed by atoms with Gasteiger partial charge in [0.2, 0.25) is 5.91 Å². The molecule has 0 saturated carbocycles. The van der Waals surface area contributed by atoms with Gasteiger partial charge in [-0.3, -0.25) is 9.59 Å². The van der Waals surface area contributed by atoms with Gasteiger partial charge in [0.1, 0.15) is 6.61 Å². The van der Waals surface area contributed by atoms with Crippen molar-refractivity contribution in [1.82, 2.24) is 10.2 Å². The average Bonchev–Trinajstić information content (AvgIpc) is 3.20. The number of carboxylic acid groups (broad SMARTS) is 1. The van der Waals surface area contributed by atoms with Gasteiger partial charge in [0, 0.05) is 32.0 Å². The molecule has 7 heteroatoms. The summed E-state index contributed by atoms with van der Waals surface area (Å²) >= 11 is 0. The molecule has 1 fully saturated rings. The van der Waals surface area contributed by atoms with Crippen molar-refractivity contribution in [3.8, 4) is 11.1 Å². The summed E-state index contributed by atoms with van der Waals surface area (Å²) in [6.45, 7) is 3.48. The van der Waals surface area contributed by atoms with E-state index in [2.05, 4.69) is 29.6 Å². The molecule has 2 amide bonds. The Kier molecular flexibility index (Phi) is 7.73. The van der Waals surface area contributed by atoms with Crippen LogP contribution in [-0.2, 0) is 14.3 Å². The Hall–Kier alpha value is -3.35. The zero-order valence-electron chi connectivity index (χ0n) is 20.3. The van der Waals surface area contributed by atoms with Crippen molar-refractivity contribution in [2.45, 2.75) is 51.4 Å². The van der Waals surface area contributed by atoms with Crippen LogP contribution in [0.15, 0.2) is 48.5 Å². The number of piperidine rings is 1. The second-order valence-corrected chi connectivity index (χ2v) is 9.57. The minimum absolute atomic E-state index is 0.00934. The van der Waals surface area contributed by atoms with Crippen molar-refractivity contribution in [2.24, 2.45) is 5.41 Å². The van der Waals surface area contributed by atoms with Gasteiger partial charge in [0.25, 0.3) is 0 Å². The number of fused-ring (bicyclic) bond motifs is 3. The Balaban J connectivity index is 1.18. The van der Waals surface area contributed by atoms with Gasteiger partial charge >= 0.3 is 12.1 Å². The topological polar surface area (TPSA) is 95.9 Å². The van der Waals surface area contributed by atoms with Crippen molar-refractivity contribution >= 4 is 18.0 Å². The van der Waals surface area contributed by atoms with E-state index in [-0.39, 0.29) is 25.0 Å². The molecule has 1 saturated heterocycles. The summed E-state index contributed by atoms with van der Waals surface area (Å²) < 4.78 is 5.54. The molecule has 35 heavy (non-hydrogen) atoms. The molecule has 186 valence electrons. The molecule has 2 N–H and O–H groups in total. The molecule has 0 bridgehead atoms. The van der Waals surface area contributed by atoms with E-state index in [9.17, 15) is 19.5 Å². The van der Waals surface area contributed by atoms with Crippen LogP contribution in [0.2, 0.25) is 0 Å². The fraction of sp³-hybridized carbons (Fsp3) is 0.464. The van der Waals surface area contributed by atoms with Crippen molar-refractivity contribution in [3.63, 3.8) is 0 Å². The number of benzene rings is 2. The summed E-state index contributed by atoms with van der Waals surface area (Å²) in [5.41, 5.74) is 3.91. The van der Waals surface area contributed by atoms with Gasteiger partial charge in [-0.25, -0.2) is 4.79 Å². The molecule has 0 spiro atoms. The van der Waals surface area contributed by atoms with Crippen molar-refractivity contribution < 1.29 is 24.2 Å². The molecule has 0 radical (unpaired) electrons. The van der Waals surface area contributed by atoms with E-state index in [0.717, 1.165) is 6.42 Å². The lowest BCUT2D eigenvalue weighted by Gasteiger charge is -2.39. The van der Waals surface area contributed by atoms with Crippen LogP contribution in [-0.4, -0.2) is 54.2 Å². The second kappa shape index (κ2) is 10.9. The number of nitrogens with zero attached hydrogens (tertiary/aromatic N) is 1. The second-order valence-electron chi connectivity index (χ2n) is 9.57. The van der Waals surface area contributed by atoms with Crippen LogP contribution in [0, 0.1) is 5.41 Å². The predicted octanol–water partition coefficient (Wildman–Crippen LogP) is 4.80. The number of hydrogen-bond acceptors (Lipinski definition) is 4. The number of carboxylic acids is 1. The van der Waals surface area contributed by atoms with E-state index in [1.807, 2.05) is 31.2 Å². The minimum atomic E-state index is -0.820. The number of carbonyl (C=O) groups is 3. The molecule has 1 aliphatic carbocycles. The minimum Gasteiger partial charge on any atom is -0.481 e. The van der Waals surface area contributed by atoms with Crippen molar-refractivity contribution in [2.75, 3.05) is 26.2 Å².